The molecule has 1 aromatic heterocycles. The first kappa shape index (κ1) is 13.5. The van der Waals surface area contributed by atoms with Crippen molar-refractivity contribution >= 4 is 17.2 Å². The molecule has 18 heavy (non-hydrogen) atoms. The Morgan fingerprint density at radius 1 is 1.61 bits per heavy atom. The molecule has 1 unspecified atom stereocenters. The van der Waals surface area contributed by atoms with Crippen LogP contribution in [0.1, 0.15) is 16.8 Å². The zero-order valence-corrected chi connectivity index (χ0v) is 11.8. The van der Waals surface area contributed by atoms with Crippen molar-refractivity contribution in [1.82, 2.24) is 9.80 Å². The molecule has 100 valence electrons. The van der Waals surface area contributed by atoms with Gasteiger partial charge in [-0.1, -0.05) is 0 Å². The van der Waals surface area contributed by atoms with Gasteiger partial charge in [-0.05, 0) is 32.0 Å². The fourth-order valence-corrected chi connectivity index (χ4v) is 2.68. The Morgan fingerprint density at radius 2 is 2.44 bits per heavy atom. The highest BCUT2D eigenvalue weighted by Crippen LogP contribution is 2.14. The van der Waals surface area contributed by atoms with Crippen LogP contribution in [0.3, 0.4) is 0 Å². The molecule has 2 rings (SSSR count). The SMILES string of the molecule is CN(C)CCC1CN(C(=O)c2ccsc2)CCO1. The second-order valence-electron chi connectivity index (χ2n) is 4.85. The molecule has 0 saturated carbocycles. The lowest BCUT2D eigenvalue weighted by atomic mass is 10.2. The van der Waals surface area contributed by atoms with E-state index < -0.39 is 0 Å². The molecule has 1 saturated heterocycles. The first-order chi connectivity index (χ1) is 8.66. The maximum absolute atomic E-state index is 12.2. The Hall–Kier alpha value is -0.910. The molecule has 1 amide bonds. The van der Waals surface area contributed by atoms with Crippen molar-refractivity contribution in [2.75, 3.05) is 40.3 Å². The second-order valence-corrected chi connectivity index (χ2v) is 5.63. The first-order valence-electron chi connectivity index (χ1n) is 6.24. The average molecular weight is 268 g/mol. The van der Waals surface area contributed by atoms with Crippen molar-refractivity contribution in [3.63, 3.8) is 0 Å². The third-order valence-electron chi connectivity index (χ3n) is 3.09. The van der Waals surface area contributed by atoms with E-state index in [9.17, 15) is 4.79 Å². The molecular formula is C13H20N2O2S. The number of nitrogens with zero attached hydrogens (tertiary/aromatic N) is 2. The first-order valence-corrected chi connectivity index (χ1v) is 7.19. The summed E-state index contributed by atoms with van der Waals surface area (Å²) < 4.78 is 5.71. The minimum absolute atomic E-state index is 0.134. The number of hydrogen-bond acceptors (Lipinski definition) is 4. The molecule has 4 nitrogen and oxygen atoms in total. The molecule has 5 heteroatoms. The van der Waals surface area contributed by atoms with Crippen molar-refractivity contribution in [2.45, 2.75) is 12.5 Å². The minimum atomic E-state index is 0.134. The number of carbonyl (C=O) groups is 1. The van der Waals surface area contributed by atoms with E-state index in [1.165, 1.54) is 0 Å². The lowest BCUT2D eigenvalue weighted by molar-refractivity contribution is -0.0269. The van der Waals surface area contributed by atoms with E-state index in [-0.39, 0.29) is 12.0 Å². The number of amides is 1. The van der Waals surface area contributed by atoms with Crippen molar-refractivity contribution in [1.29, 1.82) is 0 Å². The van der Waals surface area contributed by atoms with Gasteiger partial charge < -0.3 is 14.5 Å². The summed E-state index contributed by atoms with van der Waals surface area (Å²) in [5.74, 6) is 0.134. The van der Waals surface area contributed by atoms with Crippen LogP contribution in [0.5, 0.6) is 0 Å². The van der Waals surface area contributed by atoms with Crippen molar-refractivity contribution in [2.24, 2.45) is 0 Å². The molecule has 0 N–H and O–H groups in total. The van der Waals surface area contributed by atoms with Crippen LogP contribution in [0.15, 0.2) is 16.8 Å². The van der Waals surface area contributed by atoms with Crippen LogP contribution in [0.2, 0.25) is 0 Å². The zero-order valence-electron chi connectivity index (χ0n) is 11.0. The summed E-state index contributed by atoms with van der Waals surface area (Å²) in [5.41, 5.74) is 0.799. The Labute approximate surface area is 112 Å². The Morgan fingerprint density at radius 3 is 3.11 bits per heavy atom. The van der Waals surface area contributed by atoms with E-state index in [0.717, 1.165) is 18.5 Å². The van der Waals surface area contributed by atoms with Crippen LogP contribution in [0, 0.1) is 0 Å². The minimum Gasteiger partial charge on any atom is -0.374 e. The quantitative estimate of drug-likeness (QED) is 0.830. The largest absolute Gasteiger partial charge is 0.374 e. The molecular weight excluding hydrogens is 248 g/mol. The van der Waals surface area contributed by atoms with Gasteiger partial charge in [-0.2, -0.15) is 11.3 Å². The molecule has 1 fully saturated rings. The number of rotatable bonds is 4. The lowest BCUT2D eigenvalue weighted by Crippen LogP contribution is -2.46. The average Bonchev–Trinajstić information content (AvgIpc) is 2.89. The van der Waals surface area contributed by atoms with Gasteiger partial charge in [0.05, 0.1) is 18.3 Å². The summed E-state index contributed by atoms with van der Waals surface area (Å²) in [6, 6.07) is 1.89. The third kappa shape index (κ3) is 3.54. The summed E-state index contributed by atoms with van der Waals surface area (Å²) in [6.45, 7) is 3.05. The summed E-state index contributed by atoms with van der Waals surface area (Å²) in [5, 5.41) is 3.85. The fourth-order valence-electron chi connectivity index (χ4n) is 2.05. The van der Waals surface area contributed by atoms with Crippen LogP contribution in [0.25, 0.3) is 0 Å². The second kappa shape index (κ2) is 6.31. The highest BCUT2D eigenvalue weighted by atomic mass is 32.1. The predicted molar refractivity (Wildman–Crippen MR) is 73.1 cm³/mol. The molecule has 1 aliphatic rings. The number of morpholine rings is 1. The highest BCUT2D eigenvalue weighted by molar-refractivity contribution is 7.08. The zero-order chi connectivity index (χ0) is 13.0. The predicted octanol–water partition coefficient (Wildman–Crippen LogP) is 1.54. The fraction of sp³-hybridized carbons (Fsp3) is 0.615. The van der Waals surface area contributed by atoms with E-state index >= 15 is 0 Å². The number of carbonyl (C=O) groups excluding carboxylic acids is 1. The molecule has 2 heterocycles. The van der Waals surface area contributed by atoms with E-state index in [1.807, 2.05) is 21.7 Å². The highest BCUT2D eigenvalue weighted by Gasteiger charge is 2.24. The molecule has 0 radical (unpaired) electrons. The van der Waals surface area contributed by atoms with E-state index in [2.05, 4.69) is 19.0 Å². The van der Waals surface area contributed by atoms with E-state index in [1.54, 1.807) is 11.3 Å². The van der Waals surface area contributed by atoms with Gasteiger partial charge in [0.15, 0.2) is 0 Å². The van der Waals surface area contributed by atoms with Crippen LogP contribution < -0.4 is 0 Å². The molecule has 0 bridgehead atoms. The Bertz CT molecular complexity index is 378. The molecule has 0 aliphatic carbocycles. The monoisotopic (exact) mass is 268 g/mol. The van der Waals surface area contributed by atoms with Gasteiger partial charge in [0.2, 0.25) is 0 Å². The van der Waals surface area contributed by atoms with Gasteiger partial charge in [-0.25, -0.2) is 0 Å². The smallest absolute Gasteiger partial charge is 0.254 e. The van der Waals surface area contributed by atoms with Crippen molar-refractivity contribution in [3.05, 3.63) is 22.4 Å². The van der Waals surface area contributed by atoms with Gasteiger partial charge in [0.1, 0.15) is 0 Å². The van der Waals surface area contributed by atoms with Crippen LogP contribution in [-0.2, 0) is 4.74 Å². The standard InChI is InChI=1S/C13H20N2O2S/c1-14(2)5-3-12-9-15(6-7-17-12)13(16)11-4-8-18-10-11/h4,8,10,12H,3,5-7,9H2,1-2H3. The Balaban J connectivity index is 1.88. The molecule has 1 aromatic rings. The molecule has 1 aliphatic heterocycles. The van der Waals surface area contributed by atoms with Crippen molar-refractivity contribution in [3.8, 4) is 0 Å². The van der Waals surface area contributed by atoms with Gasteiger partial charge in [-0.15, -0.1) is 0 Å². The van der Waals surface area contributed by atoms with Crippen molar-refractivity contribution < 1.29 is 9.53 Å². The van der Waals surface area contributed by atoms with Crippen LogP contribution in [0.4, 0.5) is 0 Å². The summed E-state index contributed by atoms with van der Waals surface area (Å²) in [7, 11) is 4.11. The Kier molecular flexibility index (Phi) is 4.74. The summed E-state index contributed by atoms with van der Waals surface area (Å²) in [6.07, 6.45) is 1.14. The van der Waals surface area contributed by atoms with Crippen LogP contribution in [-0.4, -0.2) is 62.1 Å². The molecule has 0 spiro atoms. The van der Waals surface area contributed by atoms with Gasteiger partial charge >= 0.3 is 0 Å². The van der Waals surface area contributed by atoms with Gasteiger partial charge in [0, 0.05) is 25.0 Å². The number of ether oxygens (including phenoxy) is 1. The molecule has 1 atom stereocenters. The normalized spacial score (nSPS) is 20.4. The third-order valence-corrected chi connectivity index (χ3v) is 3.78. The maximum Gasteiger partial charge on any atom is 0.254 e. The number of thiophene rings is 1. The van der Waals surface area contributed by atoms with E-state index in [4.69, 9.17) is 4.74 Å². The van der Waals surface area contributed by atoms with Gasteiger partial charge in [0.25, 0.3) is 5.91 Å². The van der Waals surface area contributed by atoms with Crippen LogP contribution >= 0.6 is 11.3 Å². The number of hydrogen-bond donors (Lipinski definition) is 0. The summed E-state index contributed by atoms with van der Waals surface area (Å²) >= 11 is 1.56. The van der Waals surface area contributed by atoms with Gasteiger partial charge in [-0.3, -0.25) is 4.79 Å². The molecule has 0 aromatic carbocycles. The summed E-state index contributed by atoms with van der Waals surface area (Å²) in [4.78, 5) is 16.3. The van der Waals surface area contributed by atoms with E-state index in [0.29, 0.717) is 19.7 Å². The maximum atomic E-state index is 12.2. The lowest BCUT2D eigenvalue weighted by Gasteiger charge is -2.33. The topological polar surface area (TPSA) is 32.8 Å².